The average molecular weight is 319 g/mol. The van der Waals surface area contributed by atoms with Crippen molar-refractivity contribution in [2.24, 2.45) is 0 Å². The van der Waals surface area contributed by atoms with Crippen LogP contribution in [-0.4, -0.2) is 38.3 Å². The summed E-state index contributed by atoms with van der Waals surface area (Å²) in [5.74, 6) is 0. The number of anilines is 1. The van der Waals surface area contributed by atoms with E-state index in [2.05, 4.69) is 4.98 Å². The third kappa shape index (κ3) is 3.64. The molecular weight excluding hydrogens is 298 g/mol. The van der Waals surface area contributed by atoms with Crippen molar-refractivity contribution in [3.8, 4) is 0 Å². The van der Waals surface area contributed by atoms with Gasteiger partial charge in [0.1, 0.15) is 4.90 Å². The van der Waals surface area contributed by atoms with Gasteiger partial charge < -0.3 is 4.90 Å². The van der Waals surface area contributed by atoms with Gasteiger partial charge in [0, 0.05) is 45.3 Å². The Labute approximate surface area is 132 Å². The van der Waals surface area contributed by atoms with E-state index in [1.54, 1.807) is 18.3 Å². The first-order valence-corrected chi connectivity index (χ1v) is 8.55. The van der Waals surface area contributed by atoms with Gasteiger partial charge >= 0.3 is 0 Å². The average Bonchev–Trinajstić information content (AvgIpc) is 2.53. The molecule has 0 atom stereocenters. The van der Waals surface area contributed by atoms with Crippen LogP contribution in [-0.2, 0) is 16.6 Å². The summed E-state index contributed by atoms with van der Waals surface area (Å²) in [7, 11) is 0.430. The van der Waals surface area contributed by atoms with Gasteiger partial charge in [0.05, 0.1) is 0 Å². The molecule has 6 heteroatoms. The van der Waals surface area contributed by atoms with Gasteiger partial charge in [-0.15, -0.1) is 0 Å². The van der Waals surface area contributed by atoms with Crippen molar-refractivity contribution in [2.75, 3.05) is 25.5 Å². The summed E-state index contributed by atoms with van der Waals surface area (Å²) < 4.78 is 26.7. The van der Waals surface area contributed by atoms with E-state index in [4.69, 9.17) is 0 Å². The summed E-state index contributed by atoms with van der Waals surface area (Å²) in [4.78, 5) is 6.13. The number of aromatic nitrogens is 1. The van der Waals surface area contributed by atoms with Crippen LogP contribution >= 0.6 is 0 Å². The van der Waals surface area contributed by atoms with E-state index >= 15 is 0 Å². The van der Waals surface area contributed by atoms with E-state index in [0.29, 0.717) is 13.1 Å². The largest absolute Gasteiger partial charge is 0.378 e. The van der Waals surface area contributed by atoms with Crippen molar-refractivity contribution in [1.82, 2.24) is 9.29 Å². The van der Waals surface area contributed by atoms with Gasteiger partial charge in [-0.25, -0.2) is 8.42 Å². The number of hydrogen-bond acceptors (Lipinski definition) is 4. The number of nitrogens with zero attached hydrogens (tertiary/aromatic N) is 3. The monoisotopic (exact) mass is 319 g/mol. The summed E-state index contributed by atoms with van der Waals surface area (Å²) in [6, 6.07) is 11.1. The molecule has 0 bridgehead atoms. The number of benzene rings is 1. The van der Waals surface area contributed by atoms with E-state index < -0.39 is 10.0 Å². The molecule has 2 aromatic rings. The Morgan fingerprint density at radius 2 is 1.77 bits per heavy atom. The quantitative estimate of drug-likeness (QED) is 0.820. The third-order valence-corrected chi connectivity index (χ3v) is 5.34. The van der Waals surface area contributed by atoms with Gasteiger partial charge in [0.2, 0.25) is 10.0 Å². The molecule has 0 aliphatic rings. The zero-order valence-electron chi connectivity index (χ0n) is 13.1. The molecule has 0 saturated carbocycles. The molecule has 0 N–H and O–H groups in total. The van der Waals surface area contributed by atoms with E-state index in [9.17, 15) is 8.42 Å². The van der Waals surface area contributed by atoms with Gasteiger partial charge in [0.25, 0.3) is 0 Å². The van der Waals surface area contributed by atoms with E-state index in [1.165, 1.54) is 10.5 Å². The SMILES string of the molecule is CCN(Cc1ccc(N(C)C)cc1)S(=O)(=O)c1cccnc1. The first kappa shape index (κ1) is 16.5. The molecule has 0 aliphatic carbocycles. The fraction of sp³-hybridized carbons (Fsp3) is 0.312. The highest BCUT2D eigenvalue weighted by Crippen LogP contribution is 2.19. The molecule has 0 radical (unpaired) electrons. The number of sulfonamides is 1. The van der Waals surface area contributed by atoms with E-state index in [0.717, 1.165) is 11.3 Å². The van der Waals surface area contributed by atoms with Crippen LogP contribution in [0.15, 0.2) is 53.7 Å². The Morgan fingerprint density at radius 3 is 2.27 bits per heavy atom. The molecule has 118 valence electrons. The smallest absolute Gasteiger partial charge is 0.244 e. The summed E-state index contributed by atoms with van der Waals surface area (Å²) in [5.41, 5.74) is 2.04. The van der Waals surface area contributed by atoms with Crippen LogP contribution in [0.5, 0.6) is 0 Å². The maximum atomic E-state index is 12.6. The van der Waals surface area contributed by atoms with Gasteiger partial charge in [-0.3, -0.25) is 4.98 Å². The first-order chi connectivity index (χ1) is 10.4. The van der Waals surface area contributed by atoms with Crippen LogP contribution in [0.25, 0.3) is 0 Å². The van der Waals surface area contributed by atoms with Gasteiger partial charge in [-0.2, -0.15) is 4.31 Å². The van der Waals surface area contributed by atoms with E-state index in [-0.39, 0.29) is 4.90 Å². The maximum Gasteiger partial charge on any atom is 0.244 e. The molecule has 0 unspecified atom stereocenters. The number of rotatable bonds is 6. The summed E-state index contributed by atoms with van der Waals surface area (Å²) in [6.07, 6.45) is 2.95. The van der Waals surface area contributed by atoms with Crippen molar-refractivity contribution in [3.63, 3.8) is 0 Å². The number of hydrogen-bond donors (Lipinski definition) is 0. The molecule has 0 spiro atoms. The highest BCUT2D eigenvalue weighted by atomic mass is 32.2. The molecule has 22 heavy (non-hydrogen) atoms. The highest BCUT2D eigenvalue weighted by molar-refractivity contribution is 7.89. The van der Waals surface area contributed by atoms with Gasteiger partial charge in [-0.05, 0) is 29.8 Å². The van der Waals surface area contributed by atoms with Crippen LogP contribution in [0.1, 0.15) is 12.5 Å². The topological polar surface area (TPSA) is 53.5 Å². The van der Waals surface area contributed by atoms with Gasteiger partial charge in [-0.1, -0.05) is 19.1 Å². The Kier molecular flexibility index (Phi) is 5.15. The lowest BCUT2D eigenvalue weighted by Gasteiger charge is -2.21. The standard InChI is InChI=1S/C16H21N3O2S/c1-4-19(22(20,21)16-6-5-11-17-12-16)13-14-7-9-15(10-8-14)18(2)3/h5-12H,4,13H2,1-3H3. The van der Waals surface area contributed by atoms with Crippen molar-refractivity contribution < 1.29 is 8.42 Å². The molecule has 0 saturated heterocycles. The zero-order valence-corrected chi connectivity index (χ0v) is 13.9. The molecular formula is C16H21N3O2S. The lowest BCUT2D eigenvalue weighted by Crippen LogP contribution is -2.30. The minimum absolute atomic E-state index is 0.224. The zero-order chi connectivity index (χ0) is 16.2. The van der Waals surface area contributed by atoms with Crippen LogP contribution in [0.2, 0.25) is 0 Å². The molecule has 0 amide bonds. The van der Waals surface area contributed by atoms with Crippen molar-refractivity contribution >= 4 is 15.7 Å². The van der Waals surface area contributed by atoms with Gasteiger partial charge in [0.15, 0.2) is 0 Å². The highest BCUT2D eigenvalue weighted by Gasteiger charge is 2.23. The fourth-order valence-corrected chi connectivity index (χ4v) is 3.52. The predicted molar refractivity (Wildman–Crippen MR) is 88.3 cm³/mol. The summed E-state index contributed by atoms with van der Waals surface area (Å²) in [6.45, 7) is 2.59. The lowest BCUT2D eigenvalue weighted by molar-refractivity contribution is 0.423. The predicted octanol–water partition coefficient (Wildman–Crippen LogP) is 2.36. The minimum Gasteiger partial charge on any atom is -0.378 e. The van der Waals surface area contributed by atoms with Crippen LogP contribution < -0.4 is 4.90 Å². The van der Waals surface area contributed by atoms with Crippen LogP contribution in [0.3, 0.4) is 0 Å². The Balaban J connectivity index is 2.22. The maximum absolute atomic E-state index is 12.6. The molecule has 1 heterocycles. The van der Waals surface area contributed by atoms with Crippen molar-refractivity contribution in [1.29, 1.82) is 0 Å². The molecule has 1 aromatic heterocycles. The minimum atomic E-state index is -3.52. The molecule has 1 aromatic carbocycles. The second-order valence-corrected chi connectivity index (χ2v) is 7.12. The Bertz CT molecular complexity index is 698. The lowest BCUT2D eigenvalue weighted by atomic mass is 10.2. The normalized spacial score (nSPS) is 11.6. The summed E-state index contributed by atoms with van der Waals surface area (Å²) in [5, 5.41) is 0. The molecule has 0 aliphatic heterocycles. The van der Waals surface area contributed by atoms with E-state index in [1.807, 2.05) is 50.2 Å². The Morgan fingerprint density at radius 1 is 1.09 bits per heavy atom. The molecule has 2 rings (SSSR count). The third-order valence-electron chi connectivity index (χ3n) is 3.44. The molecule has 0 fully saturated rings. The van der Waals surface area contributed by atoms with Crippen molar-refractivity contribution in [3.05, 3.63) is 54.4 Å². The van der Waals surface area contributed by atoms with Crippen molar-refractivity contribution in [2.45, 2.75) is 18.4 Å². The van der Waals surface area contributed by atoms with Crippen LogP contribution in [0.4, 0.5) is 5.69 Å². The second kappa shape index (κ2) is 6.89. The first-order valence-electron chi connectivity index (χ1n) is 7.11. The number of pyridine rings is 1. The Hall–Kier alpha value is -1.92. The summed E-state index contributed by atoms with van der Waals surface area (Å²) >= 11 is 0. The van der Waals surface area contributed by atoms with Crippen LogP contribution in [0, 0.1) is 0 Å². The molecule has 5 nitrogen and oxygen atoms in total. The fourth-order valence-electron chi connectivity index (χ4n) is 2.12. The second-order valence-electron chi connectivity index (χ2n) is 5.18.